The zero-order valence-electron chi connectivity index (χ0n) is 12.4. The number of rotatable bonds is 5. The lowest BCUT2D eigenvalue weighted by molar-refractivity contribution is 0.101. The van der Waals surface area contributed by atoms with Crippen molar-refractivity contribution in [2.75, 3.05) is 0 Å². The standard InChI is InChI=1S/C18H19NOS/c1-3-4-9-19-12-16(13(2)20)15-11-14(7-8-17(15)19)18-6-5-10-21-18/h5-8,10-12H,3-4,9H2,1-2H3. The van der Waals surface area contributed by atoms with E-state index in [1.807, 2.05) is 6.20 Å². The summed E-state index contributed by atoms with van der Waals surface area (Å²) in [7, 11) is 0. The fraction of sp³-hybridized carbons (Fsp3) is 0.278. The van der Waals surface area contributed by atoms with Crippen molar-refractivity contribution in [1.82, 2.24) is 4.57 Å². The number of hydrogen-bond acceptors (Lipinski definition) is 2. The summed E-state index contributed by atoms with van der Waals surface area (Å²) >= 11 is 1.73. The molecule has 0 saturated carbocycles. The Labute approximate surface area is 129 Å². The van der Waals surface area contributed by atoms with Crippen LogP contribution in [0.15, 0.2) is 41.9 Å². The average molecular weight is 297 g/mol. The monoisotopic (exact) mass is 297 g/mol. The summed E-state index contributed by atoms with van der Waals surface area (Å²) in [5, 5.41) is 3.15. The number of Topliss-reactive ketones (excluding diaryl/α,β-unsaturated/α-hetero) is 1. The molecule has 3 heteroatoms. The van der Waals surface area contributed by atoms with Crippen molar-refractivity contribution in [3.05, 3.63) is 47.5 Å². The van der Waals surface area contributed by atoms with E-state index in [1.165, 1.54) is 10.4 Å². The molecule has 2 nitrogen and oxygen atoms in total. The third-order valence-electron chi connectivity index (χ3n) is 3.82. The average Bonchev–Trinajstić information content (AvgIpc) is 3.12. The fourth-order valence-corrected chi connectivity index (χ4v) is 3.41. The maximum atomic E-state index is 11.9. The van der Waals surface area contributed by atoms with Gasteiger partial charge in [-0.2, -0.15) is 0 Å². The van der Waals surface area contributed by atoms with Crippen LogP contribution in [0.3, 0.4) is 0 Å². The number of hydrogen-bond donors (Lipinski definition) is 0. The molecule has 108 valence electrons. The molecule has 2 heterocycles. The third kappa shape index (κ3) is 2.66. The van der Waals surface area contributed by atoms with E-state index in [-0.39, 0.29) is 5.78 Å². The molecule has 0 aliphatic rings. The Bertz CT molecular complexity index is 768. The van der Waals surface area contributed by atoms with Gasteiger partial charge >= 0.3 is 0 Å². The van der Waals surface area contributed by atoms with Gasteiger partial charge in [-0.25, -0.2) is 0 Å². The molecule has 3 rings (SSSR count). The summed E-state index contributed by atoms with van der Waals surface area (Å²) in [5.41, 5.74) is 3.18. The van der Waals surface area contributed by atoms with Gasteiger partial charge in [0.05, 0.1) is 0 Å². The van der Waals surface area contributed by atoms with E-state index >= 15 is 0 Å². The van der Waals surface area contributed by atoms with Crippen molar-refractivity contribution in [3.63, 3.8) is 0 Å². The SMILES string of the molecule is CCCCn1cc(C(C)=O)c2cc(-c3cccs3)ccc21. The van der Waals surface area contributed by atoms with Gasteiger partial charge in [0.25, 0.3) is 0 Å². The van der Waals surface area contributed by atoms with E-state index in [0.717, 1.165) is 35.9 Å². The molecule has 0 N–H and O–H groups in total. The van der Waals surface area contributed by atoms with Crippen LogP contribution in [0.25, 0.3) is 21.3 Å². The summed E-state index contributed by atoms with van der Waals surface area (Å²) in [4.78, 5) is 13.2. The molecule has 21 heavy (non-hydrogen) atoms. The van der Waals surface area contributed by atoms with Crippen LogP contribution in [0.5, 0.6) is 0 Å². The molecule has 0 amide bonds. The van der Waals surface area contributed by atoms with Crippen molar-refractivity contribution in [2.24, 2.45) is 0 Å². The number of ketones is 1. The number of unbranched alkanes of at least 4 members (excludes halogenated alkanes) is 1. The molecule has 0 fully saturated rings. The number of carbonyl (C=O) groups is 1. The zero-order chi connectivity index (χ0) is 14.8. The normalized spacial score (nSPS) is 11.1. The summed E-state index contributed by atoms with van der Waals surface area (Å²) < 4.78 is 2.22. The van der Waals surface area contributed by atoms with Gasteiger partial charge in [-0.05, 0) is 42.5 Å². The molecule has 3 aromatic rings. The lowest BCUT2D eigenvalue weighted by Crippen LogP contribution is -1.95. The largest absolute Gasteiger partial charge is 0.347 e. The molecule has 0 atom stereocenters. The Kier molecular flexibility index (Phi) is 3.93. The maximum absolute atomic E-state index is 11.9. The maximum Gasteiger partial charge on any atom is 0.161 e. The second-order valence-electron chi connectivity index (χ2n) is 5.36. The highest BCUT2D eigenvalue weighted by Crippen LogP contribution is 2.30. The van der Waals surface area contributed by atoms with Crippen molar-refractivity contribution in [2.45, 2.75) is 33.2 Å². The van der Waals surface area contributed by atoms with Gasteiger partial charge in [-0.1, -0.05) is 25.5 Å². The minimum Gasteiger partial charge on any atom is -0.347 e. The van der Waals surface area contributed by atoms with Crippen LogP contribution in [0, 0.1) is 0 Å². The third-order valence-corrected chi connectivity index (χ3v) is 4.74. The molecule has 0 radical (unpaired) electrons. The van der Waals surface area contributed by atoms with Crippen LogP contribution in [-0.4, -0.2) is 10.4 Å². The first-order valence-electron chi connectivity index (χ1n) is 7.38. The summed E-state index contributed by atoms with van der Waals surface area (Å²) in [6.07, 6.45) is 4.30. The lowest BCUT2D eigenvalue weighted by atomic mass is 10.1. The van der Waals surface area contributed by atoms with E-state index in [2.05, 4.69) is 47.2 Å². The predicted molar refractivity (Wildman–Crippen MR) is 90.2 cm³/mol. The minimum atomic E-state index is 0.138. The van der Waals surface area contributed by atoms with E-state index in [4.69, 9.17) is 0 Å². The number of thiophene rings is 1. The van der Waals surface area contributed by atoms with E-state index < -0.39 is 0 Å². The number of aromatic nitrogens is 1. The van der Waals surface area contributed by atoms with Crippen LogP contribution in [-0.2, 0) is 6.54 Å². The molecular formula is C18H19NOS. The first-order chi connectivity index (χ1) is 10.2. The second-order valence-corrected chi connectivity index (χ2v) is 6.30. The summed E-state index contributed by atoms with van der Waals surface area (Å²) in [6, 6.07) is 10.6. The van der Waals surface area contributed by atoms with E-state index in [9.17, 15) is 4.79 Å². The summed E-state index contributed by atoms with van der Waals surface area (Å²) in [6.45, 7) is 4.81. The van der Waals surface area contributed by atoms with E-state index in [0.29, 0.717) is 0 Å². The van der Waals surface area contributed by atoms with Crippen molar-refractivity contribution in [1.29, 1.82) is 0 Å². The van der Waals surface area contributed by atoms with Crippen LogP contribution in [0.1, 0.15) is 37.0 Å². The van der Waals surface area contributed by atoms with Crippen LogP contribution >= 0.6 is 11.3 Å². The number of carbonyl (C=O) groups excluding carboxylic acids is 1. The predicted octanol–water partition coefficient (Wildman–Crippen LogP) is 5.37. The Morgan fingerprint density at radius 2 is 2.14 bits per heavy atom. The van der Waals surface area contributed by atoms with Crippen molar-refractivity contribution >= 4 is 28.0 Å². The Morgan fingerprint density at radius 1 is 1.29 bits per heavy atom. The molecule has 0 aliphatic carbocycles. The fourth-order valence-electron chi connectivity index (χ4n) is 2.69. The molecule has 1 aromatic carbocycles. The van der Waals surface area contributed by atoms with Crippen LogP contribution in [0.2, 0.25) is 0 Å². The molecular weight excluding hydrogens is 278 g/mol. The smallest absolute Gasteiger partial charge is 0.161 e. The molecule has 0 bridgehead atoms. The number of benzene rings is 1. The number of fused-ring (bicyclic) bond motifs is 1. The van der Waals surface area contributed by atoms with Crippen LogP contribution in [0.4, 0.5) is 0 Å². The van der Waals surface area contributed by atoms with Gasteiger partial charge in [0.15, 0.2) is 5.78 Å². The van der Waals surface area contributed by atoms with Gasteiger partial charge < -0.3 is 4.57 Å². The Morgan fingerprint density at radius 3 is 2.81 bits per heavy atom. The zero-order valence-corrected chi connectivity index (χ0v) is 13.2. The van der Waals surface area contributed by atoms with Crippen LogP contribution < -0.4 is 0 Å². The van der Waals surface area contributed by atoms with Crippen molar-refractivity contribution in [3.8, 4) is 10.4 Å². The Balaban J connectivity index is 2.14. The van der Waals surface area contributed by atoms with Crippen molar-refractivity contribution < 1.29 is 4.79 Å². The highest BCUT2D eigenvalue weighted by atomic mass is 32.1. The van der Waals surface area contributed by atoms with Gasteiger partial charge in [-0.3, -0.25) is 4.79 Å². The first kappa shape index (κ1) is 14.1. The number of aryl methyl sites for hydroxylation is 1. The Hall–Kier alpha value is -1.87. The van der Waals surface area contributed by atoms with Gasteiger partial charge in [-0.15, -0.1) is 11.3 Å². The lowest BCUT2D eigenvalue weighted by Gasteiger charge is -2.04. The van der Waals surface area contributed by atoms with E-state index in [1.54, 1.807) is 18.3 Å². The highest BCUT2D eigenvalue weighted by Gasteiger charge is 2.13. The number of nitrogens with zero attached hydrogens (tertiary/aromatic N) is 1. The topological polar surface area (TPSA) is 22.0 Å². The molecule has 0 unspecified atom stereocenters. The first-order valence-corrected chi connectivity index (χ1v) is 8.26. The minimum absolute atomic E-state index is 0.138. The molecule has 2 aromatic heterocycles. The molecule has 0 aliphatic heterocycles. The van der Waals surface area contributed by atoms with Gasteiger partial charge in [0, 0.05) is 34.1 Å². The molecule has 0 spiro atoms. The quantitative estimate of drug-likeness (QED) is 0.580. The molecule has 0 saturated heterocycles. The van der Waals surface area contributed by atoms with Gasteiger partial charge in [0.1, 0.15) is 0 Å². The second kappa shape index (κ2) is 5.86. The summed E-state index contributed by atoms with van der Waals surface area (Å²) in [5.74, 6) is 0.138. The van der Waals surface area contributed by atoms with Gasteiger partial charge in [0.2, 0.25) is 0 Å². The highest BCUT2D eigenvalue weighted by molar-refractivity contribution is 7.13.